The van der Waals surface area contributed by atoms with Crippen molar-refractivity contribution < 1.29 is 27.9 Å². The van der Waals surface area contributed by atoms with E-state index >= 15 is 0 Å². The number of benzene rings is 1. The van der Waals surface area contributed by atoms with Gasteiger partial charge in [0, 0.05) is 54.2 Å². The van der Waals surface area contributed by atoms with Crippen molar-refractivity contribution in [2.75, 3.05) is 45.8 Å². The number of carbonyl (C=O) groups excluding carboxylic acids is 1. The van der Waals surface area contributed by atoms with Gasteiger partial charge in [-0.2, -0.15) is 13.2 Å². The quantitative estimate of drug-likeness (QED) is 0.540. The second-order valence-electron chi connectivity index (χ2n) is 9.30. The summed E-state index contributed by atoms with van der Waals surface area (Å²) >= 11 is 0.758. The molecule has 0 saturated carbocycles. The highest BCUT2D eigenvalue weighted by atomic mass is 32.1. The molecule has 4 heterocycles. The molecule has 2 aliphatic rings. The van der Waals surface area contributed by atoms with E-state index in [2.05, 4.69) is 9.47 Å². The van der Waals surface area contributed by atoms with Crippen LogP contribution in [0.1, 0.15) is 21.0 Å². The van der Waals surface area contributed by atoms with Crippen molar-refractivity contribution in [1.82, 2.24) is 19.3 Å². The highest BCUT2D eigenvalue weighted by Gasteiger charge is 2.33. The second kappa shape index (κ2) is 9.87. The fraction of sp³-hybridized carbons (Fsp3) is 0.440. The maximum absolute atomic E-state index is 13.2. The van der Waals surface area contributed by atoms with Crippen molar-refractivity contribution in [3.05, 3.63) is 57.4 Å². The zero-order chi connectivity index (χ0) is 25.4. The second-order valence-corrected chi connectivity index (χ2v) is 10.5. The number of halogens is 3. The minimum absolute atomic E-state index is 0.00986. The molecule has 0 atom stereocenters. The van der Waals surface area contributed by atoms with Crippen LogP contribution in [0.15, 0.2) is 36.4 Å². The lowest BCUT2D eigenvalue weighted by Gasteiger charge is -2.35. The molecule has 0 unspecified atom stereocenters. The number of hydrogen-bond acceptors (Lipinski definition) is 5. The fourth-order valence-electron chi connectivity index (χ4n) is 5.15. The van der Waals surface area contributed by atoms with Crippen LogP contribution < -0.4 is 0 Å². The fourth-order valence-corrected chi connectivity index (χ4v) is 6.01. The summed E-state index contributed by atoms with van der Waals surface area (Å²) in [6, 6.07) is 10.6. The summed E-state index contributed by atoms with van der Waals surface area (Å²) in [5, 5.41) is 10.0. The molecule has 0 spiro atoms. The number of carboxylic acid groups (broad SMARTS) is 1. The van der Waals surface area contributed by atoms with Crippen molar-refractivity contribution in [3.8, 4) is 0 Å². The molecule has 5 rings (SSSR count). The third-order valence-corrected chi connectivity index (χ3v) is 8.07. The molecule has 1 N–H and O–H groups in total. The highest BCUT2D eigenvalue weighted by Crippen LogP contribution is 2.36. The zero-order valence-corrected chi connectivity index (χ0v) is 20.4. The summed E-state index contributed by atoms with van der Waals surface area (Å²) in [5.74, 6) is -0.837. The minimum atomic E-state index is -4.36. The largest absolute Gasteiger partial charge is 0.480 e. The van der Waals surface area contributed by atoms with Crippen molar-refractivity contribution in [1.29, 1.82) is 0 Å². The molecule has 2 aromatic heterocycles. The maximum Gasteiger partial charge on any atom is 0.425 e. The lowest BCUT2D eigenvalue weighted by molar-refractivity contribution is -0.139. The van der Waals surface area contributed by atoms with Gasteiger partial charge in [-0.3, -0.25) is 19.4 Å². The smallest absolute Gasteiger partial charge is 0.425 e. The van der Waals surface area contributed by atoms with Crippen molar-refractivity contribution >= 4 is 34.1 Å². The third kappa shape index (κ3) is 5.14. The molecule has 11 heteroatoms. The van der Waals surface area contributed by atoms with E-state index in [1.807, 2.05) is 34.1 Å². The highest BCUT2D eigenvalue weighted by molar-refractivity contribution is 7.12. The van der Waals surface area contributed by atoms with Crippen molar-refractivity contribution in [2.24, 2.45) is 0 Å². The molecular formula is C25H27F3N4O3S. The Kier molecular flexibility index (Phi) is 6.80. The number of alkyl halides is 3. The first kappa shape index (κ1) is 24.8. The van der Waals surface area contributed by atoms with Crippen LogP contribution in [-0.4, -0.2) is 82.1 Å². The normalized spacial score (nSPS) is 17.5. The number of rotatable bonds is 6. The first-order valence-electron chi connectivity index (χ1n) is 11.9. The van der Waals surface area contributed by atoms with Gasteiger partial charge in [0.15, 0.2) is 0 Å². The number of nitrogens with zero attached hydrogens (tertiary/aromatic N) is 4. The lowest BCUT2D eigenvalue weighted by Crippen LogP contribution is -2.51. The standard InChI is InChI=1S/C25H27F3N4O3S/c26-25(27,28)22-6-5-17(36-22)13-32-20-4-2-1-3-18(20)19-7-8-31(14-21(19)32)23(33)15-29-9-11-30(12-10-29)16-24(34)35/h1-6H,7-16H2,(H,34,35). The van der Waals surface area contributed by atoms with Gasteiger partial charge in [0.1, 0.15) is 4.88 Å². The zero-order valence-electron chi connectivity index (χ0n) is 19.6. The molecule has 0 bridgehead atoms. The van der Waals surface area contributed by atoms with Crippen LogP contribution in [0.5, 0.6) is 0 Å². The van der Waals surface area contributed by atoms with Gasteiger partial charge in [-0.1, -0.05) is 18.2 Å². The molecule has 1 amide bonds. The van der Waals surface area contributed by atoms with Gasteiger partial charge in [0.25, 0.3) is 0 Å². The maximum atomic E-state index is 13.2. The van der Waals surface area contributed by atoms with Crippen molar-refractivity contribution in [3.63, 3.8) is 0 Å². The first-order valence-corrected chi connectivity index (χ1v) is 12.7. The van der Waals surface area contributed by atoms with Gasteiger partial charge >= 0.3 is 12.1 Å². The Morgan fingerprint density at radius 2 is 1.64 bits per heavy atom. The Bertz CT molecular complexity index is 1280. The predicted molar refractivity (Wildman–Crippen MR) is 130 cm³/mol. The molecule has 2 aliphatic heterocycles. The molecule has 0 radical (unpaired) electrons. The van der Waals surface area contributed by atoms with Gasteiger partial charge in [0.05, 0.1) is 26.2 Å². The number of fused-ring (bicyclic) bond motifs is 3. The summed E-state index contributed by atoms with van der Waals surface area (Å²) in [5.41, 5.74) is 3.10. The van der Waals surface area contributed by atoms with E-state index in [0.29, 0.717) is 57.1 Å². The van der Waals surface area contributed by atoms with E-state index in [-0.39, 0.29) is 19.0 Å². The SMILES string of the molecule is O=C(O)CN1CCN(CC(=O)N2CCc3c(n(Cc4ccc(C(F)(F)F)s4)c4ccccc34)C2)CC1. The van der Waals surface area contributed by atoms with E-state index in [0.717, 1.165) is 39.6 Å². The van der Waals surface area contributed by atoms with Crippen LogP contribution >= 0.6 is 11.3 Å². The number of aliphatic carboxylic acids is 1. The number of hydrogen-bond donors (Lipinski definition) is 1. The Balaban J connectivity index is 1.32. The van der Waals surface area contributed by atoms with Gasteiger partial charge in [-0.15, -0.1) is 11.3 Å². The van der Waals surface area contributed by atoms with E-state index in [1.165, 1.54) is 6.07 Å². The number of para-hydroxylation sites is 1. The molecule has 1 aromatic carbocycles. The van der Waals surface area contributed by atoms with E-state index in [4.69, 9.17) is 5.11 Å². The molecule has 1 saturated heterocycles. The number of piperazine rings is 1. The van der Waals surface area contributed by atoms with Crippen LogP contribution in [0, 0.1) is 0 Å². The van der Waals surface area contributed by atoms with Crippen molar-refractivity contribution in [2.45, 2.75) is 25.7 Å². The molecular weight excluding hydrogens is 493 g/mol. The van der Waals surface area contributed by atoms with E-state index in [9.17, 15) is 22.8 Å². The lowest BCUT2D eigenvalue weighted by atomic mass is 10.0. The molecule has 192 valence electrons. The number of aromatic nitrogens is 1. The van der Waals surface area contributed by atoms with E-state index < -0.39 is 17.0 Å². The van der Waals surface area contributed by atoms with Crippen LogP contribution in [0.25, 0.3) is 10.9 Å². The topological polar surface area (TPSA) is 69.0 Å². The Morgan fingerprint density at radius 1 is 0.944 bits per heavy atom. The third-order valence-electron chi connectivity index (χ3n) is 6.96. The summed E-state index contributed by atoms with van der Waals surface area (Å²) in [7, 11) is 0. The van der Waals surface area contributed by atoms with Crippen LogP contribution in [0.4, 0.5) is 13.2 Å². The number of carbonyl (C=O) groups is 2. The number of thiophene rings is 1. The Morgan fingerprint density at radius 3 is 2.31 bits per heavy atom. The average molecular weight is 521 g/mol. The summed E-state index contributed by atoms with van der Waals surface area (Å²) in [6.07, 6.45) is -3.66. The Labute approximate surface area is 210 Å². The van der Waals surface area contributed by atoms with E-state index in [1.54, 1.807) is 0 Å². The van der Waals surface area contributed by atoms with Gasteiger partial charge in [0.2, 0.25) is 5.91 Å². The average Bonchev–Trinajstić information content (AvgIpc) is 3.44. The monoisotopic (exact) mass is 520 g/mol. The summed E-state index contributed by atoms with van der Waals surface area (Å²) in [6.45, 7) is 4.11. The van der Waals surface area contributed by atoms with Crippen LogP contribution in [-0.2, 0) is 35.3 Å². The minimum Gasteiger partial charge on any atom is -0.480 e. The Hall–Kier alpha value is -2.89. The predicted octanol–water partition coefficient (Wildman–Crippen LogP) is 3.36. The summed E-state index contributed by atoms with van der Waals surface area (Å²) < 4.78 is 41.5. The van der Waals surface area contributed by atoms with Gasteiger partial charge < -0.3 is 14.6 Å². The first-order chi connectivity index (χ1) is 17.2. The molecule has 1 fully saturated rings. The molecule has 0 aliphatic carbocycles. The molecule has 7 nitrogen and oxygen atoms in total. The molecule has 36 heavy (non-hydrogen) atoms. The number of amides is 1. The van der Waals surface area contributed by atoms with Gasteiger partial charge in [-0.25, -0.2) is 0 Å². The summed E-state index contributed by atoms with van der Waals surface area (Å²) in [4.78, 5) is 29.9. The van der Waals surface area contributed by atoms with Crippen LogP contribution in [0.2, 0.25) is 0 Å². The number of carboxylic acids is 1. The van der Waals surface area contributed by atoms with Crippen LogP contribution in [0.3, 0.4) is 0 Å². The molecule has 3 aromatic rings. The van der Waals surface area contributed by atoms with Gasteiger partial charge in [-0.05, 0) is 30.2 Å².